The van der Waals surface area contributed by atoms with Crippen LogP contribution >= 0.6 is 0 Å². The van der Waals surface area contributed by atoms with Crippen molar-refractivity contribution in [2.24, 2.45) is 0 Å². The molecule has 1 aromatic carbocycles. The van der Waals surface area contributed by atoms with Crippen molar-refractivity contribution in [1.29, 1.82) is 0 Å². The van der Waals surface area contributed by atoms with Gasteiger partial charge in [0.25, 0.3) is 5.91 Å². The first-order valence-corrected chi connectivity index (χ1v) is 7.61. The van der Waals surface area contributed by atoms with E-state index in [4.69, 9.17) is 5.21 Å². The summed E-state index contributed by atoms with van der Waals surface area (Å²) in [7, 11) is 0. The van der Waals surface area contributed by atoms with E-state index >= 15 is 0 Å². The van der Waals surface area contributed by atoms with Crippen LogP contribution in [-0.4, -0.2) is 33.9 Å². The molecule has 1 aliphatic rings. The van der Waals surface area contributed by atoms with E-state index in [1.54, 1.807) is 11.6 Å². The third-order valence-corrected chi connectivity index (χ3v) is 3.91. The first-order chi connectivity index (χ1) is 11.1. The summed E-state index contributed by atoms with van der Waals surface area (Å²) in [5.41, 5.74) is 2.90. The van der Waals surface area contributed by atoms with Gasteiger partial charge in [-0.2, -0.15) is 0 Å². The molecule has 3 amide bonds. The number of carbonyl (C=O) groups excluding carboxylic acids is 3. The van der Waals surface area contributed by atoms with Crippen molar-refractivity contribution < 1.29 is 19.6 Å². The van der Waals surface area contributed by atoms with Crippen LogP contribution in [0.1, 0.15) is 38.2 Å². The fourth-order valence-corrected chi connectivity index (χ4v) is 2.69. The molecule has 1 atom stereocenters. The van der Waals surface area contributed by atoms with Gasteiger partial charge in [-0.3, -0.25) is 24.5 Å². The van der Waals surface area contributed by atoms with Crippen LogP contribution in [0.15, 0.2) is 35.9 Å². The lowest BCUT2D eigenvalue weighted by atomic mass is 10.1. The third-order valence-electron chi connectivity index (χ3n) is 3.91. The summed E-state index contributed by atoms with van der Waals surface area (Å²) in [6.07, 6.45) is 2.77. The SMILES string of the molecule is CCC(CCC(=O)NO)N1C(=O)CC(=Cc2ccccc2)C1=O. The second-order valence-electron chi connectivity index (χ2n) is 5.46. The van der Waals surface area contributed by atoms with Crippen molar-refractivity contribution in [2.75, 3.05) is 0 Å². The Labute approximate surface area is 134 Å². The smallest absolute Gasteiger partial charge is 0.257 e. The van der Waals surface area contributed by atoms with Crippen LogP contribution in [-0.2, 0) is 14.4 Å². The summed E-state index contributed by atoms with van der Waals surface area (Å²) in [5.74, 6) is -1.06. The molecule has 0 aliphatic carbocycles. The number of amides is 3. The maximum absolute atomic E-state index is 12.5. The molecule has 1 aromatic rings. The van der Waals surface area contributed by atoms with Gasteiger partial charge in [0, 0.05) is 18.0 Å². The Morgan fingerprint density at radius 1 is 1.35 bits per heavy atom. The number of rotatable bonds is 6. The third kappa shape index (κ3) is 4.04. The van der Waals surface area contributed by atoms with E-state index < -0.39 is 5.91 Å². The van der Waals surface area contributed by atoms with Gasteiger partial charge in [-0.25, -0.2) is 5.48 Å². The number of hydrogen-bond acceptors (Lipinski definition) is 4. The lowest BCUT2D eigenvalue weighted by Crippen LogP contribution is -2.40. The van der Waals surface area contributed by atoms with Crippen LogP contribution in [0.3, 0.4) is 0 Å². The summed E-state index contributed by atoms with van der Waals surface area (Å²) in [5, 5.41) is 8.54. The largest absolute Gasteiger partial charge is 0.289 e. The zero-order chi connectivity index (χ0) is 16.8. The lowest BCUT2D eigenvalue weighted by molar-refractivity contribution is -0.141. The Kier molecular flexibility index (Phi) is 5.65. The van der Waals surface area contributed by atoms with E-state index in [2.05, 4.69) is 0 Å². The number of likely N-dealkylation sites (tertiary alicyclic amines) is 1. The van der Waals surface area contributed by atoms with Gasteiger partial charge in [-0.05, 0) is 24.5 Å². The van der Waals surface area contributed by atoms with E-state index in [0.717, 1.165) is 5.56 Å². The quantitative estimate of drug-likeness (QED) is 0.363. The summed E-state index contributed by atoms with van der Waals surface area (Å²) >= 11 is 0. The summed E-state index contributed by atoms with van der Waals surface area (Å²) in [6, 6.07) is 9.03. The molecule has 122 valence electrons. The number of benzene rings is 1. The second kappa shape index (κ2) is 7.69. The van der Waals surface area contributed by atoms with Crippen LogP contribution in [0, 0.1) is 0 Å². The Morgan fingerprint density at radius 3 is 2.65 bits per heavy atom. The van der Waals surface area contributed by atoms with Crippen molar-refractivity contribution in [3.05, 3.63) is 41.5 Å². The predicted molar refractivity (Wildman–Crippen MR) is 84.1 cm³/mol. The summed E-state index contributed by atoms with van der Waals surface area (Å²) < 4.78 is 0. The van der Waals surface area contributed by atoms with E-state index in [1.807, 2.05) is 37.3 Å². The van der Waals surface area contributed by atoms with Gasteiger partial charge in [-0.15, -0.1) is 0 Å². The van der Waals surface area contributed by atoms with Crippen molar-refractivity contribution in [3.63, 3.8) is 0 Å². The van der Waals surface area contributed by atoms with E-state index in [9.17, 15) is 14.4 Å². The standard InChI is InChI=1S/C17H20N2O4/c1-2-14(8-9-15(20)18-23)19-16(21)11-13(17(19)22)10-12-6-4-3-5-7-12/h3-7,10,14,23H,2,8-9,11H2,1H3,(H,18,20). The average Bonchev–Trinajstić information content (AvgIpc) is 2.83. The van der Waals surface area contributed by atoms with Crippen LogP contribution < -0.4 is 5.48 Å². The monoisotopic (exact) mass is 316 g/mol. The minimum absolute atomic E-state index is 0.0593. The molecule has 1 aliphatic heterocycles. The molecule has 0 bridgehead atoms. The molecule has 1 saturated heterocycles. The molecule has 1 unspecified atom stereocenters. The van der Waals surface area contributed by atoms with Crippen LogP contribution in [0.4, 0.5) is 0 Å². The predicted octanol–water partition coefficient (Wildman–Crippen LogP) is 1.89. The Morgan fingerprint density at radius 2 is 2.04 bits per heavy atom. The van der Waals surface area contributed by atoms with E-state index in [0.29, 0.717) is 18.4 Å². The fraction of sp³-hybridized carbons (Fsp3) is 0.353. The Bertz CT molecular complexity index is 625. The maximum Gasteiger partial charge on any atom is 0.257 e. The normalized spacial score (nSPS) is 17.7. The van der Waals surface area contributed by atoms with Gasteiger partial charge < -0.3 is 0 Å². The van der Waals surface area contributed by atoms with Crippen LogP contribution in [0.2, 0.25) is 0 Å². The first kappa shape index (κ1) is 16.9. The molecule has 6 nitrogen and oxygen atoms in total. The van der Waals surface area contributed by atoms with Crippen LogP contribution in [0.25, 0.3) is 6.08 Å². The maximum atomic E-state index is 12.5. The van der Waals surface area contributed by atoms with Crippen molar-refractivity contribution in [3.8, 4) is 0 Å². The lowest BCUT2D eigenvalue weighted by Gasteiger charge is -2.24. The summed E-state index contributed by atoms with van der Waals surface area (Å²) in [6.45, 7) is 1.86. The minimum atomic E-state index is -0.525. The molecule has 0 aromatic heterocycles. The molecule has 1 heterocycles. The van der Waals surface area contributed by atoms with Crippen LogP contribution in [0.5, 0.6) is 0 Å². The second-order valence-corrected chi connectivity index (χ2v) is 5.46. The number of nitrogens with zero attached hydrogens (tertiary/aromatic N) is 1. The Balaban J connectivity index is 2.13. The van der Waals surface area contributed by atoms with Crippen molar-refractivity contribution in [1.82, 2.24) is 10.4 Å². The van der Waals surface area contributed by atoms with Crippen molar-refractivity contribution in [2.45, 2.75) is 38.6 Å². The van der Waals surface area contributed by atoms with Gasteiger partial charge in [0.1, 0.15) is 0 Å². The van der Waals surface area contributed by atoms with Gasteiger partial charge in [0.05, 0.1) is 6.42 Å². The molecule has 6 heteroatoms. The number of hydrogen-bond donors (Lipinski definition) is 2. The first-order valence-electron chi connectivity index (χ1n) is 7.61. The number of carbonyl (C=O) groups is 3. The van der Waals surface area contributed by atoms with Gasteiger partial charge in [0.2, 0.25) is 11.8 Å². The number of hydroxylamine groups is 1. The molecule has 0 radical (unpaired) electrons. The zero-order valence-electron chi connectivity index (χ0n) is 13.0. The number of imide groups is 1. The summed E-state index contributed by atoms with van der Waals surface area (Å²) in [4.78, 5) is 37.1. The molecule has 0 spiro atoms. The Hall–Kier alpha value is -2.47. The van der Waals surface area contributed by atoms with E-state index in [1.165, 1.54) is 4.90 Å². The molecule has 23 heavy (non-hydrogen) atoms. The zero-order valence-corrected chi connectivity index (χ0v) is 13.0. The van der Waals surface area contributed by atoms with E-state index in [-0.39, 0.29) is 30.7 Å². The molecule has 2 N–H and O–H groups in total. The molecule has 0 saturated carbocycles. The highest BCUT2D eigenvalue weighted by Gasteiger charge is 2.37. The fourth-order valence-electron chi connectivity index (χ4n) is 2.69. The average molecular weight is 316 g/mol. The minimum Gasteiger partial charge on any atom is -0.289 e. The topological polar surface area (TPSA) is 86.7 Å². The highest BCUT2D eigenvalue weighted by Crippen LogP contribution is 2.26. The molecule has 1 fully saturated rings. The molecular formula is C17H20N2O4. The molecular weight excluding hydrogens is 296 g/mol. The highest BCUT2D eigenvalue weighted by molar-refractivity contribution is 6.15. The highest BCUT2D eigenvalue weighted by atomic mass is 16.5. The number of nitrogens with one attached hydrogen (secondary N) is 1. The van der Waals surface area contributed by atoms with Gasteiger partial charge in [0.15, 0.2) is 0 Å². The molecule has 2 rings (SSSR count). The van der Waals surface area contributed by atoms with Crippen molar-refractivity contribution >= 4 is 23.8 Å². The van der Waals surface area contributed by atoms with Gasteiger partial charge in [-0.1, -0.05) is 37.3 Å². The van der Waals surface area contributed by atoms with Gasteiger partial charge >= 0.3 is 0 Å².